The van der Waals surface area contributed by atoms with Gasteiger partial charge in [-0.15, -0.1) is 0 Å². The van der Waals surface area contributed by atoms with Gasteiger partial charge in [-0.1, -0.05) is 29.8 Å². The summed E-state index contributed by atoms with van der Waals surface area (Å²) in [6.07, 6.45) is 0.742. The van der Waals surface area contributed by atoms with Gasteiger partial charge in [-0.2, -0.15) is 0 Å². The number of benzene rings is 1. The van der Waals surface area contributed by atoms with E-state index in [0.29, 0.717) is 12.4 Å². The number of carboxylic acid groups (broad SMARTS) is 1. The lowest BCUT2D eigenvalue weighted by atomic mass is 10.1. The number of nitrogens with one attached hydrogen (secondary N) is 1. The Bertz CT molecular complexity index is 647. The summed E-state index contributed by atoms with van der Waals surface area (Å²) in [5, 5.41) is 12.3. The summed E-state index contributed by atoms with van der Waals surface area (Å²) in [6, 6.07) is 10.5. The molecular weight excluding hydrogens is 292 g/mol. The predicted molar refractivity (Wildman–Crippen MR) is 81.5 cm³/mol. The van der Waals surface area contributed by atoms with Gasteiger partial charge in [0.05, 0.1) is 12.2 Å². The standard InChI is InChI=1S/C15H15ClN2O3/c1-21-7-6-10-4-2-3-5-12(10)17-14-9-11(15(19)20)8-13(16)18-14/h2-5,8-9H,6-7H2,1H3,(H,17,18)(H,19,20). The maximum absolute atomic E-state index is 11.0. The first-order valence-corrected chi connectivity index (χ1v) is 6.72. The normalized spacial score (nSPS) is 10.4. The zero-order valence-corrected chi connectivity index (χ0v) is 12.2. The van der Waals surface area contributed by atoms with Crippen molar-refractivity contribution in [3.8, 4) is 0 Å². The molecule has 0 bridgehead atoms. The molecule has 6 heteroatoms. The lowest BCUT2D eigenvalue weighted by Gasteiger charge is -2.12. The third kappa shape index (κ3) is 4.18. The van der Waals surface area contributed by atoms with Crippen LogP contribution in [0, 0.1) is 0 Å². The van der Waals surface area contributed by atoms with Crippen molar-refractivity contribution in [2.75, 3.05) is 19.0 Å². The number of hydrogen-bond donors (Lipinski definition) is 2. The topological polar surface area (TPSA) is 71.5 Å². The number of anilines is 2. The number of ether oxygens (including phenoxy) is 1. The Labute approximate surface area is 127 Å². The molecule has 0 aliphatic heterocycles. The van der Waals surface area contributed by atoms with E-state index in [9.17, 15) is 4.79 Å². The summed E-state index contributed by atoms with van der Waals surface area (Å²) in [7, 11) is 1.65. The molecule has 2 aromatic rings. The lowest BCUT2D eigenvalue weighted by molar-refractivity contribution is 0.0697. The molecule has 21 heavy (non-hydrogen) atoms. The fourth-order valence-electron chi connectivity index (χ4n) is 1.89. The van der Waals surface area contributed by atoms with E-state index >= 15 is 0 Å². The van der Waals surface area contributed by atoms with Gasteiger partial charge in [0.2, 0.25) is 0 Å². The number of nitrogens with zero attached hydrogens (tertiary/aromatic N) is 1. The van der Waals surface area contributed by atoms with Crippen molar-refractivity contribution in [3.05, 3.63) is 52.7 Å². The molecule has 0 saturated heterocycles. The second-order valence-corrected chi connectivity index (χ2v) is 4.78. The number of carboxylic acids is 1. The molecular formula is C15H15ClN2O3. The van der Waals surface area contributed by atoms with Crippen LogP contribution in [0.2, 0.25) is 5.15 Å². The molecule has 1 heterocycles. The molecule has 1 aromatic carbocycles. The van der Waals surface area contributed by atoms with Gasteiger partial charge in [-0.3, -0.25) is 0 Å². The molecule has 110 valence electrons. The minimum absolute atomic E-state index is 0.0897. The average Bonchev–Trinajstić information content (AvgIpc) is 2.45. The average molecular weight is 307 g/mol. The van der Waals surface area contributed by atoms with Crippen LogP contribution >= 0.6 is 11.6 Å². The smallest absolute Gasteiger partial charge is 0.335 e. The monoisotopic (exact) mass is 306 g/mol. The third-order valence-corrected chi connectivity index (χ3v) is 3.09. The highest BCUT2D eigenvalue weighted by Gasteiger charge is 2.09. The number of aromatic carboxylic acids is 1. The largest absolute Gasteiger partial charge is 0.478 e. The van der Waals surface area contributed by atoms with E-state index in [2.05, 4.69) is 10.3 Å². The van der Waals surface area contributed by atoms with Crippen LogP contribution in [0.3, 0.4) is 0 Å². The predicted octanol–water partition coefficient (Wildman–Crippen LogP) is 3.37. The van der Waals surface area contributed by atoms with Gasteiger partial charge in [0, 0.05) is 12.8 Å². The molecule has 0 spiro atoms. The van der Waals surface area contributed by atoms with Gasteiger partial charge in [-0.25, -0.2) is 9.78 Å². The van der Waals surface area contributed by atoms with Crippen LogP contribution in [-0.4, -0.2) is 29.8 Å². The van der Waals surface area contributed by atoms with E-state index < -0.39 is 5.97 Å². The Morgan fingerprint density at radius 2 is 2.14 bits per heavy atom. The number of hydrogen-bond acceptors (Lipinski definition) is 4. The van der Waals surface area contributed by atoms with Gasteiger partial charge in [0.15, 0.2) is 0 Å². The fraction of sp³-hybridized carbons (Fsp3) is 0.200. The maximum atomic E-state index is 11.0. The van der Waals surface area contributed by atoms with Crippen molar-refractivity contribution in [1.82, 2.24) is 4.98 Å². The van der Waals surface area contributed by atoms with Gasteiger partial charge in [0.25, 0.3) is 0 Å². The number of carbonyl (C=O) groups is 1. The molecule has 0 atom stereocenters. The van der Waals surface area contributed by atoms with E-state index in [1.165, 1.54) is 12.1 Å². The zero-order chi connectivity index (χ0) is 15.2. The van der Waals surface area contributed by atoms with E-state index in [1.54, 1.807) is 7.11 Å². The first kappa shape index (κ1) is 15.3. The summed E-state index contributed by atoms with van der Waals surface area (Å²) in [6.45, 7) is 0.599. The van der Waals surface area contributed by atoms with E-state index in [1.807, 2.05) is 24.3 Å². The molecule has 0 aliphatic rings. The quantitative estimate of drug-likeness (QED) is 0.801. The van der Waals surface area contributed by atoms with Crippen LogP contribution in [0.5, 0.6) is 0 Å². The van der Waals surface area contributed by atoms with Crippen LogP contribution in [0.25, 0.3) is 0 Å². The second-order valence-electron chi connectivity index (χ2n) is 4.39. The van der Waals surface area contributed by atoms with Crippen LogP contribution in [0.15, 0.2) is 36.4 Å². The molecule has 0 fully saturated rings. The van der Waals surface area contributed by atoms with E-state index in [0.717, 1.165) is 17.7 Å². The Kier molecular flexibility index (Phi) is 5.14. The van der Waals surface area contributed by atoms with Crippen molar-refractivity contribution in [1.29, 1.82) is 0 Å². The molecule has 2 N–H and O–H groups in total. The third-order valence-electron chi connectivity index (χ3n) is 2.90. The zero-order valence-electron chi connectivity index (χ0n) is 11.5. The number of methoxy groups -OCH3 is 1. The van der Waals surface area contributed by atoms with Crippen molar-refractivity contribution >= 4 is 29.1 Å². The highest BCUT2D eigenvalue weighted by atomic mass is 35.5. The molecule has 1 aromatic heterocycles. The van der Waals surface area contributed by atoms with Gasteiger partial charge < -0.3 is 15.2 Å². The van der Waals surface area contributed by atoms with Crippen LogP contribution in [-0.2, 0) is 11.2 Å². The van der Waals surface area contributed by atoms with Crippen LogP contribution in [0.4, 0.5) is 11.5 Å². The minimum Gasteiger partial charge on any atom is -0.478 e. The maximum Gasteiger partial charge on any atom is 0.335 e. The van der Waals surface area contributed by atoms with Gasteiger partial charge in [-0.05, 0) is 30.2 Å². The molecule has 2 rings (SSSR count). The lowest BCUT2D eigenvalue weighted by Crippen LogP contribution is -2.03. The minimum atomic E-state index is -1.05. The molecule has 0 amide bonds. The molecule has 5 nitrogen and oxygen atoms in total. The number of halogens is 1. The first-order chi connectivity index (χ1) is 10.1. The molecule has 0 unspecified atom stereocenters. The summed E-state index contributed by atoms with van der Waals surface area (Å²) in [5.41, 5.74) is 1.99. The summed E-state index contributed by atoms with van der Waals surface area (Å²) in [4.78, 5) is 15.1. The summed E-state index contributed by atoms with van der Waals surface area (Å²) >= 11 is 5.85. The Balaban J connectivity index is 2.27. The number of pyridine rings is 1. The number of aromatic nitrogens is 1. The van der Waals surface area contributed by atoms with Crippen molar-refractivity contribution in [3.63, 3.8) is 0 Å². The summed E-state index contributed by atoms with van der Waals surface area (Å²) in [5.74, 6) is -0.653. The first-order valence-electron chi connectivity index (χ1n) is 6.35. The van der Waals surface area contributed by atoms with Gasteiger partial charge >= 0.3 is 5.97 Å². The Morgan fingerprint density at radius 1 is 1.38 bits per heavy atom. The van der Waals surface area contributed by atoms with Crippen LogP contribution in [0.1, 0.15) is 15.9 Å². The Morgan fingerprint density at radius 3 is 2.86 bits per heavy atom. The highest BCUT2D eigenvalue weighted by molar-refractivity contribution is 6.29. The van der Waals surface area contributed by atoms with Crippen LogP contribution < -0.4 is 5.32 Å². The van der Waals surface area contributed by atoms with Crippen molar-refractivity contribution < 1.29 is 14.6 Å². The van der Waals surface area contributed by atoms with Gasteiger partial charge in [0.1, 0.15) is 11.0 Å². The molecule has 0 saturated carbocycles. The highest BCUT2D eigenvalue weighted by Crippen LogP contribution is 2.22. The Hall–Kier alpha value is -2.11. The van der Waals surface area contributed by atoms with Crippen molar-refractivity contribution in [2.24, 2.45) is 0 Å². The summed E-state index contributed by atoms with van der Waals surface area (Å²) < 4.78 is 5.08. The van der Waals surface area contributed by atoms with E-state index in [4.69, 9.17) is 21.4 Å². The SMILES string of the molecule is COCCc1ccccc1Nc1cc(C(=O)O)cc(Cl)n1. The second kappa shape index (κ2) is 7.06. The van der Waals surface area contributed by atoms with E-state index in [-0.39, 0.29) is 10.7 Å². The molecule has 0 aliphatic carbocycles. The number of para-hydroxylation sites is 1. The molecule has 0 radical (unpaired) electrons. The fourth-order valence-corrected chi connectivity index (χ4v) is 2.10. The van der Waals surface area contributed by atoms with Crippen molar-refractivity contribution in [2.45, 2.75) is 6.42 Å². The number of rotatable bonds is 6.